The summed E-state index contributed by atoms with van der Waals surface area (Å²) in [6, 6.07) is 6.40. The van der Waals surface area contributed by atoms with E-state index in [0.29, 0.717) is 0 Å². The Balaban J connectivity index is 0. The van der Waals surface area contributed by atoms with Gasteiger partial charge in [0.1, 0.15) is 5.82 Å². The van der Waals surface area contributed by atoms with Crippen LogP contribution >= 0.6 is 0 Å². The third kappa shape index (κ3) is 11.1. The van der Waals surface area contributed by atoms with Gasteiger partial charge < -0.3 is 0 Å². The fraction of sp³-hybridized carbons (Fsp3) is 0.500. The van der Waals surface area contributed by atoms with Gasteiger partial charge >= 0.3 is 0 Å². The van der Waals surface area contributed by atoms with Crippen LogP contribution in [-0.2, 0) is 0 Å². The molecule has 0 aliphatic heterocycles. The van der Waals surface area contributed by atoms with Gasteiger partial charge in [-0.25, -0.2) is 4.39 Å². The van der Waals surface area contributed by atoms with Gasteiger partial charge in [0.15, 0.2) is 0 Å². The number of halogens is 1. The van der Waals surface area contributed by atoms with E-state index in [1.54, 1.807) is 12.1 Å². The van der Waals surface area contributed by atoms with Crippen molar-refractivity contribution in [3.8, 4) is 0 Å². The van der Waals surface area contributed by atoms with Crippen LogP contribution in [0.3, 0.4) is 0 Å². The molecule has 0 amide bonds. The van der Waals surface area contributed by atoms with Crippen molar-refractivity contribution in [2.24, 2.45) is 0 Å². The van der Waals surface area contributed by atoms with Crippen molar-refractivity contribution in [1.29, 1.82) is 0 Å². The summed E-state index contributed by atoms with van der Waals surface area (Å²) in [6.45, 7) is 10.2. The number of hydrogen-bond donors (Lipinski definition) is 0. The molecule has 1 aromatic rings. The smallest absolute Gasteiger partial charge is 0.123 e. The van der Waals surface area contributed by atoms with Crippen molar-refractivity contribution in [2.75, 3.05) is 0 Å². The van der Waals surface area contributed by atoms with Gasteiger partial charge in [-0.15, -0.1) is 0 Å². The normalized spacial score (nSPS) is 7.54. The summed E-state index contributed by atoms with van der Waals surface area (Å²) in [5.74, 6) is -0.171. The molecule has 0 aliphatic carbocycles. The van der Waals surface area contributed by atoms with Crippen molar-refractivity contribution in [3.63, 3.8) is 0 Å². The Labute approximate surface area is 81.8 Å². The molecule has 0 spiro atoms. The minimum absolute atomic E-state index is 0.171. The number of aryl methyl sites for hydroxylation is 1. The highest BCUT2D eigenvalue weighted by molar-refractivity contribution is 5.13. The van der Waals surface area contributed by atoms with Gasteiger partial charge in [0.05, 0.1) is 0 Å². The Bertz CT molecular complexity index is 156. The molecule has 1 heteroatoms. The minimum atomic E-state index is -0.171. The van der Waals surface area contributed by atoms with Gasteiger partial charge in [-0.2, -0.15) is 0 Å². The first-order valence-corrected chi connectivity index (χ1v) is 4.92. The average molecular weight is 184 g/mol. The molecule has 1 aromatic carbocycles. The summed E-state index contributed by atoms with van der Waals surface area (Å²) >= 11 is 0. The standard InChI is InChI=1S/C7H7F.C3H8.C2H6/c1-6-2-4-7(8)5-3-6;1-3-2;1-2/h2-5H,1H3;3H2,1-2H3;1-2H3. The first-order chi connectivity index (χ1) is 6.20. The highest BCUT2D eigenvalue weighted by Gasteiger charge is 1.83. The van der Waals surface area contributed by atoms with Gasteiger partial charge in [-0.3, -0.25) is 0 Å². The Hall–Kier alpha value is -0.850. The summed E-state index contributed by atoms with van der Waals surface area (Å²) in [5, 5.41) is 0. The average Bonchev–Trinajstić information content (AvgIpc) is 2.15. The topological polar surface area (TPSA) is 0 Å². The van der Waals surface area contributed by atoms with Crippen molar-refractivity contribution >= 4 is 0 Å². The maximum absolute atomic E-state index is 12.1. The molecule has 1 rings (SSSR count). The second-order valence-corrected chi connectivity index (χ2v) is 2.50. The van der Waals surface area contributed by atoms with Crippen LogP contribution in [0.2, 0.25) is 0 Å². The predicted octanol–water partition coefficient (Wildman–Crippen LogP) is 4.58. The van der Waals surface area contributed by atoms with E-state index in [1.807, 2.05) is 20.8 Å². The van der Waals surface area contributed by atoms with Crippen molar-refractivity contribution < 1.29 is 4.39 Å². The van der Waals surface area contributed by atoms with Gasteiger partial charge in [0.2, 0.25) is 0 Å². The summed E-state index contributed by atoms with van der Waals surface area (Å²) in [4.78, 5) is 0. The second kappa shape index (κ2) is 11.2. The predicted molar refractivity (Wildman–Crippen MR) is 58.5 cm³/mol. The first-order valence-electron chi connectivity index (χ1n) is 4.92. The molecule has 0 saturated heterocycles. The molecule has 0 aromatic heterocycles. The number of benzene rings is 1. The molecule has 76 valence electrons. The summed E-state index contributed by atoms with van der Waals surface area (Å²) in [7, 11) is 0. The van der Waals surface area contributed by atoms with Crippen molar-refractivity contribution in [2.45, 2.75) is 41.0 Å². The summed E-state index contributed by atoms with van der Waals surface area (Å²) in [6.07, 6.45) is 1.25. The fourth-order valence-electron chi connectivity index (χ4n) is 0.533. The van der Waals surface area contributed by atoms with Crippen LogP contribution in [0, 0.1) is 12.7 Å². The quantitative estimate of drug-likeness (QED) is 0.553. The molecular formula is C12H21F. The second-order valence-electron chi connectivity index (χ2n) is 2.50. The SMILES string of the molecule is CC.CCC.Cc1ccc(F)cc1. The molecule has 0 bridgehead atoms. The van der Waals surface area contributed by atoms with Gasteiger partial charge in [-0.1, -0.05) is 51.8 Å². The monoisotopic (exact) mass is 184 g/mol. The van der Waals surface area contributed by atoms with Crippen LogP contribution in [0.25, 0.3) is 0 Å². The maximum atomic E-state index is 12.1. The zero-order valence-electron chi connectivity index (χ0n) is 9.39. The van der Waals surface area contributed by atoms with E-state index in [1.165, 1.54) is 18.6 Å². The highest BCUT2D eigenvalue weighted by Crippen LogP contribution is 1.98. The molecule has 0 saturated carbocycles. The lowest BCUT2D eigenvalue weighted by Gasteiger charge is -1.87. The lowest BCUT2D eigenvalue weighted by Crippen LogP contribution is -1.71. The van der Waals surface area contributed by atoms with Crippen LogP contribution < -0.4 is 0 Å². The van der Waals surface area contributed by atoms with E-state index < -0.39 is 0 Å². The minimum Gasteiger partial charge on any atom is -0.207 e. The van der Waals surface area contributed by atoms with Crippen LogP contribution in [0.4, 0.5) is 4.39 Å². The maximum Gasteiger partial charge on any atom is 0.123 e. The fourth-order valence-corrected chi connectivity index (χ4v) is 0.533. The van der Waals surface area contributed by atoms with E-state index in [0.717, 1.165) is 5.56 Å². The third-order valence-electron chi connectivity index (χ3n) is 1.01. The molecule has 0 N–H and O–H groups in total. The highest BCUT2D eigenvalue weighted by atomic mass is 19.1. The van der Waals surface area contributed by atoms with Gasteiger partial charge in [-0.05, 0) is 19.1 Å². The molecule has 0 unspecified atom stereocenters. The van der Waals surface area contributed by atoms with E-state index >= 15 is 0 Å². The van der Waals surface area contributed by atoms with E-state index in [9.17, 15) is 4.39 Å². The largest absolute Gasteiger partial charge is 0.207 e. The van der Waals surface area contributed by atoms with Crippen LogP contribution in [-0.4, -0.2) is 0 Å². The zero-order chi connectivity index (χ0) is 10.7. The number of rotatable bonds is 0. The molecule has 0 atom stereocenters. The third-order valence-corrected chi connectivity index (χ3v) is 1.01. The van der Waals surface area contributed by atoms with Crippen LogP contribution in [0.5, 0.6) is 0 Å². The zero-order valence-corrected chi connectivity index (χ0v) is 9.39. The van der Waals surface area contributed by atoms with Crippen LogP contribution in [0.1, 0.15) is 39.7 Å². The molecule has 0 aliphatic rings. The molecule has 0 fully saturated rings. The Morgan fingerprint density at radius 3 is 1.54 bits per heavy atom. The Morgan fingerprint density at radius 1 is 1.00 bits per heavy atom. The molecular weight excluding hydrogens is 163 g/mol. The van der Waals surface area contributed by atoms with E-state index in [4.69, 9.17) is 0 Å². The summed E-state index contributed by atoms with van der Waals surface area (Å²) in [5.41, 5.74) is 1.09. The molecule has 0 radical (unpaired) electrons. The first kappa shape index (κ1) is 14.7. The lowest BCUT2D eigenvalue weighted by molar-refractivity contribution is 0.627. The van der Waals surface area contributed by atoms with Crippen LogP contribution in [0.15, 0.2) is 24.3 Å². The number of hydrogen-bond acceptors (Lipinski definition) is 0. The van der Waals surface area contributed by atoms with Crippen molar-refractivity contribution in [1.82, 2.24) is 0 Å². The molecule has 13 heavy (non-hydrogen) atoms. The Morgan fingerprint density at radius 2 is 1.31 bits per heavy atom. The molecule has 0 heterocycles. The molecule has 0 nitrogen and oxygen atoms in total. The summed E-state index contributed by atoms with van der Waals surface area (Å²) < 4.78 is 12.1. The van der Waals surface area contributed by atoms with E-state index in [2.05, 4.69) is 13.8 Å². The van der Waals surface area contributed by atoms with Crippen molar-refractivity contribution in [3.05, 3.63) is 35.6 Å². The van der Waals surface area contributed by atoms with E-state index in [-0.39, 0.29) is 5.82 Å². The Kier molecular flexibility index (Phi) is 12.6. The van der Waals surface area contributed by atoms with Gasteiger partial charge in [0, 0.05) is 0 Å². The lowest BCUT2D eigenvalue weighted by atomic mass is 10.2. The van der Waals surface area contributed by atoms with Gasteiger partial charge in [0.25, 0.3) is 0 Å².